The van der Waals surface area contributed by atoms with Crippen molar-refractivity contribution < 1.29 is 4.79 Å². The van der Waals surface area contributed by atoms with Crippen LogP contribution in [-0.2, 0) is 10.2 Å². The first-order valence-electron chi connectivity index (χ1n) is 9.99. The summed E-state index contributed by atoms with van der Waals surface area (Å²) in [6, 6.07) is 16.5. The van der Waals surface area contributed by atoms with Gasteiger partial charge in [0.05, 0.1) is 5.75 Å². The first-order chi connectivity index (χ1) is 14.3. The number of thioether (sulfide) groups is 1. The normalized spacial score (nSPS) is 16.2. The molecule has 0 N–H and O–H groups in total. The van der Waals surface area contributed by atoms with E-state index in [4.69, 9.17) is 0 Å². The van der Waals surface area contributed by atoms with E-state index in [-0.39, 0.29) is 11.2 Å². The van der Waals surface area contributed by atoms with Crippen LogP contribution in [-0.4, -0.2) is 33.3 Å². The zero-order chi connectivity index (χ0) is 21.5. The van der Waals surface area contributed by atoms with Gasteiger partial charge in [0.1, 0.15) is 5.82 Å². The van der Waals surface area contributed by atoms with E-state index in [2.05, 4.69) is 66.2 Å². The molecule has 0 spiro atoms. The quantitative estimate of drug-likeness (QED) is 0.438. The van der Waals surface area contributed by atoms with Crippen molar-refractivity contribution in [2.75, 3.05) is 17.7 Å². The highest BCUT2D eigenvalue weighted by Gasteiger charge is 2.38. The third kappa shape index (κ3) is 3.56. The van der Waals surface area contributed by atoms with Crippen LogP contribution in [0.4, 0.5) is 5.69 Å². The van der Waals surface area contributed by atoms with Gasteiger partial charge in [0.15, 0.2) is 10.9 Å². The van der Waals surface area contributed by atoms with Crippen molar-refractivity contribution in [2.24, 2.45) is 0 Å². The number of para-hydroxylation sites is 1. The Kier molecular flexibility index (Phi) is 5.28. The number of hydrogen-bond acceptors (Lipinski definition) is 5. The van der Waals surface area contributed by atoms with Crippen LogP contribution >= 0.6 is 11.8 Å². The maximum atomic E-state index is 12.9. The highest BCUT2D eigenvalue weighted by Crippen LogP contribution is 2.46. The lowest BCUT2D eigenvalue weighted by Crippen LogP contribution is -2.24. The fourth-order valence-electron chi connectivity index (χ4n) is 4.09. The summed E-state index contributed by atoms with van der Waals surface area (Å²) in [4.78, 5) is 15.0. The van der Waals surface area contributed by atoms with Crippen molar-refractivity contribution in [3.63, 3.8) is 0 Å². The van der Waals surface area contributed by atoms with Crippen LogP contribution in [0, 0.1) is 13.8 Å². The Morgan fingerprint density at radius 1 is 1.10 bits per heavy atom. The highest BCUT2D eigenvalue weighted by atomic mass is 32.2. The summed E-state index contributed by atoms with van der Waals surface area (Å²) in [7, 11) is 2.03. The molecule has 0 radical (unpaired) electrons. The van der Waals surface area contributed by atoms with Crippen LogP contribution in [0.1, 0.15) is 30.8 Å². The van der Waals surface area contributed by atoms with Gasteiger partial charge in [0, 0.05) is 35.6 Å². The number of anilines is 1. The number of carbonyl (C=O) groups excluding carboxylic acids is 1. The molecule has 1 aliphatic heterocycles. The lowest BCUT2D eigenvalue weighted by Gasteiger charge is -2.23. The van der Waals surface area contributed by atoms with Crippen LogP contribution in [0.15, 0.2) is 65.5 Å². The first-order valence-corrected chi connectivity index (χ1v) is 11.0. The molecular formula is C24H26N4OS. The number of hydrogen-bond donors (Lipinski definition) is 0. The lowest BCUT2D eigenvalue weighted by atomic mass is 9.83. The summed E-state index contributed by atoms with van der Waals surface area (Å²) in [5, 5.41) is 9.25. The van der Waals surface area contributed by atoms with Crippen LogP contribution in [0.2, 0.25) is 0 Å². The second kappa shape index (κ2) is 7.76. The number of likely N-dealkylation sites (N-methyl/N-ethyl adjacent to an activating group) is 1. The van der Waals surface area contributed by atoms with E-state index in [1.807, 2.05) is 36.7 Å². The minimum absolute atomic E-state index is 0.0687. The molecule has 2 aromatic carbocycles. The molecule has 0 unspecified atom stereocenters. The third-order valence-corrected chi connectivity index (χ3v) is 6.59. The molecule has 1 aromatic heterocycles. The number of fused-ring (bicyclic) bond motifs is 1. The average molecular weight is 419 g/mol. The minimum Gasteiger partial charge on any atom is -0.347 e. The number of carbonyl (C=O) groups is 1. The molecule has 6 heteroatoms. The summed E-state index contributed by atoms with van der Waals surface area (Å²) in [6.07, 6.45) is 1.78. The molecule has 0 saturated heterocycles. The van der Waals surface area contributed by atoms with Gasteiger partial charge in [-0.1, -0.05) is 55.9 Å². The van der Waals surface area contributed by atoms with E-state index in [9.17, 15) is 4.79 Å². The van der Waals surface area contributed by atoms with Crippen molar-refractivity contribution in [1.29, 1.82) is 0 Å². The first kappa shape index (κ1) is 20.4. The molecule has 2 heterocycles. The van der Waals surface area contributed by atoms with Crippen LogP contribution in [0.25, 0.3) is 5.69 Å². The van der Waals surface area contributed by atoms with Gasteiger partial charge in [-0.2, -0.15) is 0 Å². The Morgan fingerprint density at radius 2 is 1.87 bits per heavy atom. The Hall–Kier alpha value is -2.86. The van der Waals surface area contributed by atoms with Crippen molar-refractivity contribution in [2.45, 2.75) is 38.3 Å². The molecule has 3 aromatic rings. The molecule has 0 bridgehead atoms. The van der Waals surface area contributed by atoms with Crippen molar-refractivity contribution in [3.05, 3.63) is 77.3 Å². The second-order valence-corrected chi connectivity index (χ2v) is 9.13. The topological polar surface area (TPSA) is 51.0 Å². The molecule has 0 aliphatic carbocycles. The van der Waals surface area contributed by atoms with Crippen molar-refractivity contribution in [1.82, 2.24) is 14.8 Å². The number of aromatic nitrogens is 3. The molecular weight excluding hydrogens is 392 g/mol. The van der Waals surface area contributed by atoms with E-state index in [0.29, 0.717) is 5.75 Å². The van der Waals surface area contributed by atoms with Crippen LogP contribution in [0.5, 0.6) is 0 Å². The van der Waals surface area contributed by atoms with Gasteiger partial charge in [-0.15, -0.1) is 10.2 Å². The van der Waals surface area contributed by atoms with Crippen LogP contribution < -0.4 is 4.90 Å². The van der Waals surface area contributed by atoms with Gasteiger partial charge < -0.3 is 4.90 Å². The molecule has 1 aliphatic rings. The van der Waals surface area contributed by atoms with Gasteiger partial charge in [-0.3, -0.25) is 9.36 Å². The zero-order valence-corrected chi connectivity index (χ0v) is 18.8. The van der Waals surface area contributed by atoms with Gasteiger partial charge >= 0.3 is 0 Å². The molecule has 0 fully saturated rings. The molecule has 0 amide bonds. The number of ketones is 1. The largest absolute Gasteiger partial charge is 0.347 e. The molecule has 5 nitrogen and oxygen atoms in total. The molecule has 0 atom stereocenters. The average Bonchev–Trinajstić information content (AvgIpc) is 3.17. The lowest BCUT2D eigenvalue weighted by molar-refractivity contribution is -0.112. The summed E-state index contributed by atoms with van der Waals surface area (Å²) >= 11 is 1.42. The number of allylic oxidation sites excluding steroid dienone is 2. The summed E-state index contributed by atoms with van der Waals surface area (Å²) in [6.45, 7) is 8.32. The Morgan fingerprint density at radius 3 is 2.60 bits per heavy atom. The van der Waals surface area contributed by atoms with Gasteiger partial charge in [0.25, 0.3) is 0 Å². The fraction of sp³-hybridized carbons (Fsp3) is 0.292. The standard InChI is InChI=1S/C24H26N4OS/c1-16-9-8-10-18(13-16)28-17(2)25-26-23(28)30-15-19(29)14-22-24(3,4)20-11-6-7-12-21(20)27(22)5/h6-14H,15H2,1-5H3/b22-14-. The summed E-state index contributed by atoms with van der Waals surface area (Å²) in [5.41, 5.74) is 5.40. The Bertz CT molecular complexity index is 1150. The van der Waals surface area contributed by atoms with Crippen molar-refractivity contribution in [3.8, 4) is 5.69 Å². The van der Waals surface area contributed by atoms with E-state index in [1.165, 1.54) is 22.9 Å². The number of benzene rings is 2. The Balaban J connectivity index is 1.55. The van der Waals surface area contributed by atoms with Gasteiger partial charge in [0.2, 0.25) is 0 Å². The number of aryl methyl sites for hydroxylation is 2. The minimum atomic E-state index is -0.205. The SMILES string of the molecule is Cc1cccc(-n2c(C)nnc2SCC(=O)/C=C2\N(C)c3ccccc3C2(C)C)c1. The van der Waals surface area contributed by atoms with E-state index in [1.54, 1.807) is 6.08 Å². The molecule has 0 saturated carbocycles. The van der Waals surface area contributed by atoms with Crippen molar-refractivity contribution >= 4 is 23.2 Å². The summed E-state index contributed by atoms with van der Waals surface area (Å²) in [5.74, 6) is 1.19. The molecule has 30 heavy (non-hydrogen) atoms. The maximum Gasteiger partial charge on any atom is 0.196 e. The fourth-order valence-corrected chi connectivity index (χ4v) is 4.91. The van der Waals surface area contributed by atoms with E-state index in [0.717, 1.165) is 28.1 Å². The zero-order valence-electron chi connectivity index (χ0n) is 18.0. The molecule has 154 valence electrons. The van der Waals surface area contributed by atoms with E-state index >= 15 is 0 Å². The van der Waals surface area contributed by atoms with E-state index < -0.39 is 0 Å². The summed E-state index contributed by atoms with van der Waals surface area (Å²) < 4.78 is 2.00. The molecule has 4 rings (SSSR count). The van der Waals surface area contributed by atoms with Gasteiger partial charge in [-0.05, 0) is 43.2 Å². The predicted molar refractivity (Wildman–Crippen MR) is 123 cm³/mol. The number of rotatable bonds is 5. The Labute approximate surface area is 181 Å². The highest BCUT2D eigenvalue weighted by molar-refractivity contribution is 7.99. The monoisotopic (exact) mass is 418 g/mol. The van der Waals surface area contributed by atoms with Gasteiger partial charge in [-0.25, -0.2) is 0 Å². The number of nitrogens with zero attached hydrogens (tertiary/aromatic N) is 4. The maximum absolute atomic E-state index is 12.9. The smallest absolute Gasteiger partial charge is 0.196 e. The second-order valence-electron chi connectivity index (χ2n) is 8.19. The van der Waals surface area contributed by atoms with Crippen LogP contribution in [0.3, 0.4) is 0 Å². The predicted octanol–water partition coefficient (Wildman–Crippen LogP) is 4.86. The third-order valence-electron chi connectivity index (χ3n) is 5.64.